The van der Waals surface area contributed by atoms with E-state index in [9.17, 15) is 9.59 Å². The molecule has 0 aliphatic carbocycles. The average molecular weight is 294 g/mol. The van der Waals surface area contributed by atoms with Crippen molar-refractivity contribution in [1.82, 2.24) is 25.2 Å². The van der Waals surface area contributed by atoms with Crippen LogP contribution in [0.4, 0.5) is 0 Å². The molecule has 1 aromatic heterocycles. The Bertz CT molecular complexity index is 461. The number of hydrogen-bond donors (Lipinski definition) is 2. The minimum Gasteiger partial charge on any atom is -0.355 e. The van der Waals surface area contributed by atoms with Crippen LogP contribution in [0.5, 0.6) is 0 Å². The van der Waals surface area contributed by atoms with Gasteiger partial charge in [0.05, 0.1) is 18.7 Å². The Kier molecular flexibility index (Phi) is 5.68. The van der Waals surface area contributed by atoms with Gasteiger partial charge in [0.15, 0.2) is 0 Å². The maximum absolute atomic E-state index is 12.2. The summed E-state index contributed by atoms with van der Waals surface area (Å²) in [5.41, 5.74) is 5.38. The summed E-state index contributed by atoms with van der Waals surface area (Å²) in [5, 5.41) is 10.3. The van der Waals surface area contributed by atoms with Gasteiger partial charge in [0.1, 0.15) is 0 Å². The van der Waals surface area contributed by atoms with E-state index < -0.39 is 0 Å². The summed E-state index contributed by atoms with van der Waals surface area (Å²) in [5.74, 6) is -0.0725. The van der Waals surface area contributed by atoms with Crippen molar-refractivity contribution >= 4 is 11.8 Å². The predicted octanol–water partition coefficient (Wildman–Crippen LogP) is -1.02. The quantitative estimate of drug-likeness (QED) is 0.698. The minimum atomic E-state index is -0.124. The van der Waals surface area contributed by atoms with Crippen LogP contribution < -0.4 is 11.1 Å². The number of aromatic nitrogens is 3. The molecule has 0 bridgehead atoms. The standard InChI is InChI=1S/C13H22N6O2/c14-4-5-15-13(21)11-2-1-7-18(10-11)12(20)3-8-19-9-6-16-17-19/h6,9,11H,1-5,7-8,10,14H2,(H,15,21). The fraction of sp³-hybridized carbons (Fsp3) is 0.692. The van der Waals surface area contributed by atoms with Gasteiger partial charge in [0.25, 0.3) is 0 Å². The second-order valence-electron chi connectivity index (χ2n) is 5.17. The zero-order valence-corrected chi connectivity index (χ0v) is 12.1. The third-order valence-electron chi connectivity index (χ3n) is 3.62. The van der Waals surface area contributed by atoms with Crippen molar-refractivity contribution in [3.63, 3.8) is 0 Å². The van der Waals surface area contributed by atoms with Crippen LogP contribution in [0.1, 0.15) is 19.3 Å². The van der Waals surface area contributed by atoms with Gasteiger partial charge < -0.3 is 16.0 Å². The van der Waals surface area contributed by atoms with E-state index in [1.54, 1.807) is 22.0 Å². The molecule has 0 radical (unpaired) electrons. The molecule has 0 saturated carbocycles. The summed E-state index contributed by atoms with van der Waals surface area (Å²) in [6, 6.07) is 0. The third-order valence-corrected chi connectivity index (χ3v) is 3.62. The second-order valence-corrected chi connectivity index (χ2v) is 5.17. The van der Waals surface area contributed by atoms with Crippen molar-refractivity contribution < 1.29 is 9.59 Å². The molecular formula is C13H22N6O2. The first-order chi connectivity index (χ1) is 10.2. The number of nitrogens with two attached hydrogens (primary N) is 1. The van der Waals surface area contributed by atoms with Crippen molar-refractivity contribution in [3.05, 3.63) is 12.4 Å². The van der Waals surface area contributed by atoms with Crippen molar-refractivity contribution in [2.24, 2.45) is 11.7 Å². The van der Waals surface area contributed by atoms with Crippen molar-refractivity contribution in [2.45, 2.75) is 25.8 Å². The summed E-state index contributed by atoms with van der Waals surface area (Å²) in [7, 11) is 0. The zero-order chi connectivity index (χ0) is 15.1. The molecule has 21 heavy (non-hydrogen) atoms. The molecule has 2 amide bonds. The SMILES string of the molecule is NCCNC(=O)C1CCCN(C(=O)CCn2ccnn2)C1. The lowest BCUT2D eigenvalue weighted by atomic mass is 9.97. The van der Waals surface area contributed by atoms with E-state index >= 15 is 0 Å². The van der Waals surface area contributed by atoms with Crippen molar-refractivity contribution in [2.75, 3.05) is 26.2 Å². The molecule has 1 atom stereocenters. The van der Waals surface area contributed by atoms with Gasteiger partial charge in [-0.05, 0) is 12.8 Å². The van der Waals surface area contributed by atoms with E-state index in [-0.39, 0.29) is 17.7 Å². The van der Waals surface area contributed by atoms with Crippen LogP contribution in [-0.4, -0.2) is 57.9 Å². The lowest BCUT2D eigenvalue weighted by molar-refractivity contribution is -0.135. The molecule has 8 nitrogen and oxygen atoms in total. The van der Waals surface area contributed by atoms with Crippen LogP contribution in [0.25, 0.3) is 0 Å². The number of rotatable bonds is 6. The number of nitrogens with zero attached hydrogens (tertiary/aromatic N) is 4. The molecule has 0 spiro atoms. The Hall–Kier alpha value is -1.96. The van der Waals surface area contributed by atoms with E-state index in [1.165, 1.54) is 0 Å². The van der Waals surface area contributed by atoms with Gasteiger partial charge in [-0.2, -0.15) is 0 Å². The normalized spacial score (nSPS) is 18.5. The van der Waals surface area contributed by atoms with Gasteiger partial charge in [-0.25, -0.2) is 0 Å². The van der Waals surface area contributed by atoms with Gasteiger partial charge in [-0.1, -0.05) is 5.21 Å². The highest BCUT2D eigenvalue weighted by atomic mass is 16.2. The molecule has 3 N–H and O–H groups in total. The fourth-order valence-electron chi connectivity index (χ4n) is 2.48. The summed E-state index contributed by atoms with van der Waals surface area (Å²) >= 11 is 0. The van der Waals surface area contributed by atoms with E-state index in [4.69, 9.17) is 5.73 Å². The second kappa shape index (κ2) is 7.72. The predicted molar refractivity (Wildman–Crippen MR) is 76.0 cm³/mol. The van der Waals surface area contributed by atoms with Gasteiger partial charge in [-0.15, -0.1) is 5.10 Å². The van der Waals surface area contributed by atoms with Crippen LogP contribution in [0.15, 0.2) is 12.4 Å². The number of piperidine rings is 1. The summed E-state index contributed by atoms with van der Waals surface area (Å²) in [4.78, 5) is 25.9. The van der Waals surface area contributed by atoms with E-state index in [1.807, 2.05) is 0 Å². The largest absolute Gasteiger partial charge is 0.355 e. The Morgan fingerprint density at radius 2 is 2.29 bits per heavy atom. The fourth-order valence-corrected chi connectivity index (χ4v) is 2.48. The maximum atomic E-state index is 12.2. The zero-order valence-electron chi connectivity index (χ0n) is 12.1. The molecule has 8 heteroatoms. The Balaban J connectivity index is 1.79. The number of aryl methyl sites for hydroxylation is 1. The molecule has 2 heterocycles. The lowest BCUT2D eigenvalue weighted by Crippen LogP contribution is -2.46. The van der Waals surface area contributed by atoms with E-state index in [0.29, 0.717) is 32.6 Å². The number of carbonyl (C=O) groups is 2. The van der Waals surface area contributed by atoms with Crippen LogP contribution in [-0.2, 0) is 16.1 Å². The number of nitrogens with one attached hydrogen (secondary N) is 1. The minimum absolute atomic E-state index is 0.00535. The molecule has 1 unspecified atom stereocenters. The third kappa shape index (κ3) is 4.52. The van der Waals surface area contributed by atoms with E-state index in [0.717, 1.165) is 19.4 Å². The molecule has 1 aliphatic rings. The van der Waals surface area contributed by atoms with Gasteiger partial charge >= 0.3 is 0 Å². The lowest BCUT2D eigenvalue weighted by Gasteiger charge is -2.32. The van der Waals surface area contributed by atoms with Gasteiger partial charge in [0, 0.05) is 38.8 Å². The first-order valence-electron chi connectivity index (χ1n) is 7.30. The number of carbonyl (C=O) groups excluding carboxylic acids is 2. The van der Waals surface area contributed by atoms with Crippen LogP contribution >= 0.6 is 0 Å². The first kappa shape index (κ1) is 15.4. The monoisotopic (exact) mass is 294 g/mol. The summed E-state index contributed by atoms with van der Waals surface area (Å²) in [6.45, 7) is 2.64. The number of hydrogen-bond acceptors (Lipinski definition) is 5. The molecule has 116 valence electrons. The van der Waals surface area contributed by atoms with Crippen molar-refractivity contribution in [1.29, 1.82) is 0 Å². The van der Waals surface area contributed by atoms with Crippen LogP contribution in [0, 0.1) is 5.92 Å². The van der Waals surface area contributed by atoms with Crippen molar-refractivity contribution in [3.8, 4) is 0 Å². The Morgan fingerprint density at radius 3 is 3.00 bits per heavy atom. The molecular weight excluding hydrogens is 272 g/mol. The smallest absolute Gasteiger partial charge is 0.224 e. The molecule has 1 saturated heterocycles. The molecule has 1 aromatic rings. The molecule has 1 fully saturated rings. The first-order valence-corrected chi connectivity index (χ1v) is 7.30. The maximum Gasteiger partial charge on any atom is 0.224 e. The average Bonchev–Trinajstić information content (AvgIpc) is 3.03. The molecule has 2 rings (SSSR count). The highest BCUT2D eigenvalue weighted by molar-refractivity contribution is 5.81. The van der Waals surface area contributed by atoms with E-state index in [2.05, 4.69) is 15.6 Å². The molecule has 0 aromatic carbocycles. The number of amides is 2. The van der Waals surface area contributed by atoms with Crippen LogP contribution in [0.3, 0.4) is 0 Å². The summed E-state index contributed by atoms with van der Waals surface area (Å²) < 4.78 is 1.63. The topological polar surface area (TPSA) is 106 Å². The van der Waals surface area contributed by atoms with Crippen LogP contribution in [0.2, 0.25) is 0 Å². The number of likely N-dealkylation sites (tertiary alicyclic amines) is 1. The molecule has 1 aliphatic heterocycles. The Morgan fingerprint density at radius 1 is 1.43 bits per heavy atom. The highest BCUT2D eigenvalue weighted by Crippen LogP contribution is 2.17. The van der Waals surface area contributed by atoms with Gasteiger partial charge in [0.2, 0.25) is 11.8 Å². The highest BCUT2D eigenvalue weighted by Gasteiger charge is 2.27. The van der Waals surface area contributed by atoms with Gasteiger partial charge in [-0.3, -0.25) is 14.3 Å². The summed E-state index contributed by atoms with van der Waals surface area (Å²) in [6.07, 6.45) is 5.37. The Labute approximate surface area is 123 Å².